The zero-order chi connectivity index (χ0) is 17.0. The van der Waals surface area contributed by atoms with Crippen molar-refractivity contribution in [3.63, 3.8) is 0 Å². The fourth-order valence-electron chi connectivity index (χ4n) is 3.15. The van der Waals surface area contributed by atoms with Gasteiger partial charge in [-0.3, -0.25) is 9.69 Å². The van der Waals surface area contributed by atoms with Crippen LogP contribution in [0, 0.1) is 5.92 Å². The van der Waals surface area contributed by atoms with Crippen molar-refractivity contribution in [1.82, 2.24) is 4.90 Å². The molecule has 1 aromatic carbocycles. The summed E-state index contributed by atoms with van der Waals surface area (Å²) in [5, 5.41) is 9.84. The van der Waals surface area contributed by atoms with Gasteiger partial charge in [0.2, 0.25) is 0 Å². The molecule has 1 heterocycles. The first-order valence-electron chi connectivity index (χ1n) is 7.94. The lowest BCUT2D eigenvalue weighted by Gasteiger charge is -2.37. The van der Waals surface area contributed by atoms with Gasteiger partial charge >= 0.3 is 5.97 Å². The van der Waals surface area contributed by atoms with Crippen LogP contribution in [0.1, 0.15) is 32.3 Å². The molecule has 23 heavy (non-hydrogen) atoms. The predicted octanol–water partition coefficient (Wildman–Crippen LogP) is 3.43. The molecule has 1 aliphatic heterocycles. The van der Waals surface area contributed by atoms with E-state index in [4.69, 9.17) is 21.1 Å². The molecule has 0 spiro atoms. The van der Waals surface area contributed by atoms with Gasteiger partial charge in [-0.2, -0.15) is 0 Å². The van der Waals surface area contributed by atoms with Crippen LogP contribution in [0.3, 0.4) is 0 Å². The SMILES string of the molecule is CCOc1c(Cl)cc(CN2CCC[C@H](C(=O)O)[C@@H]2C)cc1OC. The van der Waals surface area contributed by atoms with E-state index in [9.17, 15) is 9.90 Å². The Balaban J connectivity index is 2.19. The monoisotopic (exact) mass is 341 g/mol. The van der Waals surface area contributed by atoms with Gasteiger partial charge in [0.05, 0.1) is 24.7 Å². The normalized spacial score (nSPS) is 21.9. The standard InChI is InChI=1S/C17H24ClNO4/c1-4-23-16-14(18)8-12(9-15(16)22-3)10-19-7-5-6-13(11(19)2)17(20)21/h8-9,11,13H,4-7,10H2,1-3H3,(H,20,21)/t11-,13-/m0/s1. The molecule has 1 aromatic rings. The van der Waals surface area contributed by atoms with E-state index in [-0.39, 0.29) is 12.0 Å². The molecule has 128 valence electrons. The Kier molecular flexibility index (Phi) is 6.13. The van der Waals surface area contributed by atoms with Crippen molar-refractivity contribution in [1.29, 1.82) is 0 Å². The number of carboxylic acids is 1. The van der Waals surface area contributed by atoms with Crippen LogP contribution < -0.4 is 9.47 Å². The van der Waals surface area contributed by atoms with Crippen LogP contribution in [0.25, 0.3) is 0 Å². The number of carboxylic acid groups (broad SMARTS) is 1. The lowest BCUT2D eigenvalue weighted by atomic mass is 9.90. The van der Waals surface area contributed by atoms with Gasteiger partial charge in [-0.15, -0.1) is 0 Å². The third-order valence-corrected chi connectivity index (χ3v) is 4.68. The molecule has 0 aromatic heterocycles. The number of piperidine rings is 1. The second-order valence-corrected chi connectivity index (χ2v) is 6.25. The molecule has 1 fully saturated rings. The van der Waals surface area contributed by atoms with Gasteiger partial charge in [0.15, 0.2) is 11.5 Å². The van der Waals surface area contributed by atoms with E-state index in [2.05, 4.69) is 4.90 Å². The van der Waals surface area contributed by atoms with Gasteiger partial charge < -0.3 is 14.6 Å². The molecule has 0 amide bonds. The van der Waals surface area contributed by atoms with Crippen LogP contribution in [0.5, 0.6) is 11.5 Å². The molecule has 0 radical (unpaired) electrons. The molecule has 0 saturated carbocycles. The molecule has 0 bridgehead atoms. The highest BCUT2D eigenvalue weighted by atomic mass is 35.5. The van der Waals surface area contributed by atoms with E-state index in [1.54, 1.807) is 7.11 Å². The Morgan fingerprint density at radius 1 is 1.48 bits per heavy atom. The quantitative estimate of drug-likeness (QED) is 0.859. The summed E-state index contributed by atoms with van der Waals surface area (Å²) in [5.41, 5.74) is 0.994. The number of halogens is 1. The molecule has 1 saturated heterocycles. The second-order valence-electron chi connectivity index (χ2n) is 5.84. The first kappa shape index (κ1) is 17.9. The maximum absolute atomic E-state index is 11.3. The Hall–Kier alpha value is -1.46. The number of likely N-dealkylation sites (tertiary alicyclic amines) is 1. The summed E-state index contributed by atoms with van der Waals surface area (Å²) < 4.78 is 10.9. The van der Waals surface area contributed by atoms with Crippen molar-refractivity contribution in [2.24, 2.45) is 5.92 Å². The Morgan fingerprint density at radius 2 is 2.22 bits per heavy atom. The number of carbonyl (C=O) groups is 1. The smallest absolute Gasteiger partial charge is 0.308 e. The van der Waals surface area contributed by atoms with Crippen molar-refractivity contribution < 1.29 is 19.4 Å². The molecule has 0 unspecified atom stereocenters. The number of hydrogen-bond donors (Lipinski definition) is 1. The van der Waals surface area contributed by atoms with Crippen LogP contribution in [0.15, 0.2) is 12.1 Å². The highest BCUT2D eigenvalue weighted by Crippen LogP contribution is 2.37. The van der Waals surface area contributed by atoms with Gasteiger partial charge in [-0.25, -0.2) is 0 Å². The summed E-state index contributed by atoms with van der Waals surface area (Å²) in [6.45, 7) is 5.92. The molecular formula is C17H24ClNO4. The third-order valence-electron chi connectivity index (χ3n) is 4.40. The number of benzene rings is 1. The molecule has 1 N–H and O–H groups in total. The van der Waals surface area contributed by atoms with Crippen LogP contribution in [-0.2, 0) is 11.3 Å². The van der Waals surface area contributed by atoms with Crippen LogP contribution >= 0.6 is 11.6 Å². The van der Waals surface area contributed by atoms with Gasteiger partial charge in [-0.05, 0) is 50.9 Å². The lowest BCUT2D eigenvalue weighted by Crippen LogP contribution is -2.45. The fourth-order valence-corrected chi connectivity index (χ4v) is 3.44. The Bertz CT molecular complexity index is 564. The van der Waals surface area contributed by atoms with E-state index in [1.165, 1.54) is 0 Å². The summed E-state index contributed by atoms with van der Waals surface area (Å²) in [4.78, 5) is 13.5. The van der Waals surface area contributed by atoms with E-state index in [0.29, 0.717) is 29.7 Å². The van der Waals surface area contributed by atoms with Crippen LogP contribution in [0.2, 0.25) is 5.02 Å². The topological polar surface area (TPSA) is 59.0 Å². The number of rotatable bonds is 6. The maximum atomic E-state index is 11.3. The summed E-state index contributed by atoms with van der Waals surface area (Å²) >= 11 is 6.31. The summed E-state index contributed by atoms with van der Waals surface area (Å²) in [6, 6.07) is 3.78. The zero-order valence-corrected chi connectivity index (χ0v) is 14.6. The summed E-state index contributed by atoms with van der Waals surface area (Å²) in [6.07, 6.45) is 1.63. The van der Waals surface area contributed by atoms with Crippen LogP contribution in [0.4, 0.5) is 0 Å². The molecule has 5 nitrogen and oxygen atoms in total. The number of hydrogen-bond acceptors (Lipinski definition) is 4. The summed E-state index contributed by atoms with van der Waals surface area (Å²) in [7, 11) is 1.59. The lowest BCUT2D eigenvalue weighted by molar-refractivity contribution is -0.145. The zero-order valence-electron chi connectivity index (χ0n) is 13.8. The summed E-state index contributed by atoms with van der Waals surface area (Å²) in [5.74, 6) is 0.123. The number of methoxy groups -OCH3 is 1. The average Bonchev–Trinajstić information content (AvgIpc) is 2.51. The second kappa shape index (κ2) is 7.88. The Labute approximate surface area is 142 Å². The molecular weight excluding hydrogens is 318 g/mol. The van der Waals surface area contributed by atoms with Crippen molar-refractivity contribution in [2.75, 3.05) is 20.3 Å². The van der Waals surface area contributed by atoms with Crippen molar-refractivity contribution in [3.8, 4) is 11.5 Å². The van der Waals surface area contributed by atoms with Gasteiger partial charge in [-0.1, -0.05) is 11.6 Å². The minimum Gasteiger partial charge on any atom is -0.493 e. The number of aliphatic carboxylic acids is 1. The average molecular weight is 342 g/mol. The van der Waals surface area contributed by atoms with Gasteiger partial charge in [0, 0.05) is 12.6 Å². The van der Waals surface area contributed by atoms with E-state index < -0.39 is 5.97 Å². The fraction of sp³-hybridized carbons (Fsp3) is 0.588. The minimum absolute atomic E-state index is 0.00223. The predicted molar refractivity (Wildman–Crippen MR) is 89.4 cm³/mol. The van der Waals surface area contributed by atoms with E-state index in [1.807, 2.05) is 26.0 Å². The molecule has 0 aliphatic carbocycles. The minimum atomic E-state index is -0.718. The van der Waals surface area contributed by atoms with E-state index >= 15 is 0 Å². The first-order valence-corrected chi connectivity index (χ1v) is 8.31. The van der Waals surface area contributed by atoms with Gasteiger partial charge in [0.1, 0.15) is 0 Å². The van der Waals surface area contributed by atoms with Crippen LogP contribution in [-0.4, -0.2) is 42.3 Å². The Morgan fingerprint density at radius 3 is 2.83 bits per heavy atom. The first-order chi connectivity index (χ1) is 11.0. The molecule has 6 heteroatoms. The highest BCUT2D eigenvalue weighted by Gasteiger charge is 2.32. The third kappa shape index (κ3) is 4.09. The van der Waals surface area contributed by atoms with Crippen molar-refractivity contribution in [3.05, 3.63) is 22.7 Å². The maximum Gasteiger partial charge on any atom is 0.308 e. The van der Waals surface area contributed by atoms with Crippen molar-refractivity contribution in [2.45, 2.75) is 39.3 Å². The molecule has 2 atom stereocenters. The van der Waals surface area contributed by atoms with Gasteiger partial charge in [0.25, 0.3) is 0 Å². The number of ether oxygens (including phenoxy) is 2. The highest BCUT2D eigenvalue weighted by molar-refractivity contribution is 6.32. The largest absolute Gasteiger partial charge is 0.493 e. The molecule has 1 aliphatic rings. The van der Waals surface area contributed by atoms with E-state index in [0.717, 1.165) is 24.9 Å². The van der Waals surface area contributed by atoms with Crippen molar-refractivity contribution >= 4 is 17.6 Å². The number of nitrogens with zero attached hydrogens (tertiary/aromatic N) is 1. The molecule has 2 rings (SSSR count).